The second-order valence-corrected chi connectivity index (χ2v) is 11.2. The minimum Gasteiger partial charge on any atom is -0.489 e. The number of benzene rings is 5. The van der Waals surface area contributed by atoms with Crippen LogP contribution in [0.3, 0.4) is 0 Å². The smallest absolute Gasteiger partial charge is 0.323 e. The molecule has 1 unspecified atom stereocenters. The number of carbonyl (C=O) groups excluding carboxylic acids is 1. The van der Waals surface area contributed by atoms with Crippen molar-refractivity contribution in [1.82, 2.24) is 0 Å². The molecule has 0 saturated carbocycles. The highest BCUT2D eigenvalue weighted by molar-refractivity contribution is 6.35. The van der Waals surface area contributed by atoms with Crippen molar-refractivity contribution in [3.63, 3.8) is 0 Å². The summed E-state index contributed by atoms with van der Waals surface area (Å²) >= 11 is 12.3. The summed E-state index contributed by atoms with van der Waals surface area (Å²) in [6.45, 7) is 0.231. The number of rotatable bonds is 8. The van der Waals surface area contributed by atoms with E-state index < -0.39 is 17.8 Å². The predicted octanol–water partition coefficient (Wildman–Crippen LogP) is 8.53. The Hall–Kier alpha value is -5.22. The zero-order chi connectivity index (χ0) is 31.3. The highest BCUT2D eigenvalue weighted by Crippen LogP contribution is 2.44. The van der Waals surface area contributed by atoms with Crippen LogP contribution in [-0.2, 0) is 11.4 Å². The van der Waals surface area contributed by atoms with Crippen molar-refractivity contribution < 1.29 is 19.0 Å². The van der Waals surface area contributed by atoms with Gasteiger partial charge in [-0.05, 0) is 47.0 Å². The molecule has 6 nitrogen and oxygen atoms in total. The SMILES string of the molecule is N#CC1=C(N)Oc2cc(OC(=O)C(c3ccccc3)c3ccccc3)ccc2C1c1cccc(OCc2ccc(Cl)cc2Cl)c1. The molecule has 5 aromatic rings. The van der Waals surface area contributed by atoms with Crippen molar-refractivity contribution in [3.05, 3.63) is 171 Å². The number of hydrogen-bond acceptors (Lipinski definition) is 6. The number of nitrogens with two attached hydrogens (primary N) is 1. The molecule has 2 N–H and O–H groups in total. The molecule has 45 heavy (non-hydrogen) atoms. The lowest BCUT2D eigenvalue weighted by atomic mass is 9.83. The molecule has 0 saturated heterocycles. The second-order valence-electron chi connectivity index (χ2n) is 10.4. The van der Waals surface area contributed by atoms with E-state index >= 15 is 0 Å². The molecule has 1 heterocycles. The van der Waals surface area contributed by atoms with E-state index in [0.29, 0.717) is 32.9 Å². The Morgan fingerprint density at radius 3 is 2.22 bits per heavy atom. The quantitative estimate of drug-likeness (QED) is 0.136. The fourth-order valence-corrected chi connectivity index (χ4v) is 5.82. The largest absolute Gasteiger partial charge is 0.489 e. The second kappa shape index (κ2) is 13.2. The van der Waals surface area contributed by atoms with E-state index in [-0.39, 0.29) is 18.1 Å². The zero-order valence-corrected chi connectivity index (χ0v) is 25.3. The molecule has 0 fully saturated rings. The van der Waals surface area contributed by atoms with Crippen molar-refractivity contribution in [2.45, 2.75) is 18.4 Å². The van der Waals surface area contributed by atoms with Gasteiger partial charge in [0.2, 0.25) is 5.88 Å². The Kier molecular flexibility index (Phi) is 8.74. The van der Waals surface area contributed by atoms with E-state index in [4.69, 9.17) is 43.1 Å². The number of hydrogen-bond donors (Lipinski definition) is 1. The van der Waals surface area contributed by atoms with Crippen LogP contribution in [0.5, 0.6) is 17.2 Å². The maximum atomic E-state index is 13.6. The molecule has 8 heteroatoms. The summed E-state index contributed by atoms with van der Waals surface area (Å²) in [5.41, 5.74) is 10.4. The minimum atomic E-state index is -0.627. The highest BCUT2D eigenvalue weighted by Gasteiger charge is 2.32. The predicted molar refractivity (Wildman–Crippen MR) is 173 cm³/mol. The Bertz CT molecular complexity index is 1900. The van der Waals surface area contributed by atoms with Crippen LogP contribution in [-0.4, -0.2) is 5.97 Å². The van der Waals surface area contributed by atoms with Crippen LogP contribution in [0, 0.1) is 11.3 Å². The molecule has 5 aromatic carbocycles. The normalized spacial score (nSPS) is 13.9. The first-order valence-electron chi connectivity index (χ1n) is 14.1. The molecule has 0 amide bonds. The zero-order valence-electron chi connectivity index (χ0n) is 23.8. The van der Waals surface area contributed by atoms with Crippen LogP contribution in [0.2, 0.25) is 10.0 Å². The third kappa shape index (κ3) is 6.51. The van der Waals surface area contributed by atoms with Crippen molar-refractivity contribution in [2.24, 2.45) is 5.73 Å². The van der Waals surface area contributed by atoms with E-state index in [2.05, 4.69) is 6.07 Å². The highest BCUT2D eigenvalue weighted by atomic mass is 35.5. The van der Waals surface area contributed by atoms with Crippen LogP contribution in [0.1, 0.15) is 39.7 Å². The Balaban J connectivity index is 1.28. The molecule has 1 aliphatic rings. The summed E-state index contributed by atoms with van der Waals surface area (Å²) < 4.78 is 17.8. The van der Waals surface area contributed by atoms with Crippen LogP contribution < -0.4 is 19.9 Å². The molecule has 222 valence electrons. The van der Waals surface area contributed by atoms with Gasteiger partial charge in [-0.3, -0.25) is 4.79 Å². The first-order chi connectivity index (χ1) is 21.9. The fraction of sp³-hybridized carbons (Fsp3) is 0.0811. The molecule has 1 atom stereocenters. The Morgan fingerprint density at radius 2 is 1.56 bits per heavy atom. The number of allylic oxidation sites excluding steroid dienone is 1. The third-order valence-electron chi connectivity index (χ3n) is 7.51. The third-order valence-corrected chi connectivity index (χ3v) is 8.10. The van der Waals surface area contributed by atoms with Crippen LogP contribution >= 0.6 is 23.2 Å². The maximum Gasteiger partial charge on any atom is 0.323 e. The lowest BCUT2D eigenvalue weighted by Gasteiger charge is -2.27. The summed E-state index contributed by atoms with van der Waals surface area (Å²) in [6.07, 6.45) is 0. The van der Waals surface area contributed by atoms with Crippen LogP contribution in [0.25, 0.3) is 0 Å². The van der Waals surface area contributed by atoms with Crippen molar-refractivity contribution >= 4 is 29.2 Å². The number of halogens is 2. The average molecular weight is 634 g/mol. The van der Waals surface area contributed by atoms with E-state index in [1.165, 1.54) is 0 Å². The van der Waals surface area contributed by atoms with E-state index in [1.807, 2.05) is 91.0 Å². The van der Waals surface area contributed by atoms with Gasteiger partial charge in [0.1, 0.15) is 41.4 Å². The van der Waals surface area contributed by atoms with Crippen molar-refractivity contribution in [1.29, 1.82) is 5.26 Å². The standard InChI is InChI=1S/C37H26Cl2N2O4/c38-27-15-14-26(32(39)19-27)22-43-28-13-7-12-25(18-28)35-30-17-16-29(20-33(30)45-36(41)31(35)21-40)44-37(42)34(23-8-3-1-4-9-23)24-10-5-2-6-11-24/h1-20,34-35H,22,41H2. The molecule has 6 rings (SSSR count). The van der Waals surface area contributed by atoms with Gasteiger partial charge in [-0.15, -0.1) is 0 Å². The number of ether oxygens (including phenoxy) is 3. The Morgan fingerprint density at radius 1 is 0.844 bits per heavy atom. The van der Waals surface area contributed by atoms with Gasteiger partial charge >= 0.3 is 5.97 Å². The molecule has 1 aliphatic heterocycles. The number of carbonyl (C=O) groups is 1. The summed E-state index contributed by atoms with van der Waals surface area (Å²) in [6, 6.07) is 38.9. The average Bonchev–Trinajstić information content (AvgIpc) is 3.05. The molecule has 0 bridgehead atoms. The van der Waals surface area contributed by atoms with Gasteiger partial charge < -0.3 is 19.9 Å². The van der Waals surface area contributed by atoms with Gasteiger partial charge in [-0.25, -0.2) is 0 Å². The molecule has 0 aliphatic carbocycles. The molecule has 0 aromatic heterocycles. The van der Waals surface area contributed by atoms with Gasteiger partial charge in [-0.1, -0.05) is 108 Å². The monoisotopic (exact) mass is 632 g/mol. The topological polar surface area (TPSA) is 94.6 Å². The minimum absolute atomic E-state index is 0.0239. The summed E-state index contributed by atoms with van der Waals surface area (Å²) in [7, 11) is 0. The molecule has 0 spiro atoms. The molecular weight excluding hydrogens is 607 g/mol. The summed E-state index contributed by atoms with van der Waals surface area (Å²) in [4.78, 5) is 13.6. The number of esters is 1. The fourth-order valence-electron chi connectivity index (χ4n) is 5.36. The van der Waals surface area contributed by atoms with Crippen LogP contribution in [0.4, 0.5) is 0 Å². The maximum absolute atomic E-state index is 13.6. The Labute approximate surface area is 270 Å². The van der Waals surface area contributed by atoms with Gasteiger partial charge in [0.15, 0.2) is 0 Å². The van der Waals surface area contributed by atoms with Gasteiger partial charge in [0.05, 0.1) is 5.92 Å². The van der Waals surface area contributed by atoms with E-state index in [1.54, 1.807) is 30.3 Å². The van der Waals surface area contributed by atoms with Gasteiger partial charge in [-0.2, -0.15) is 5.26 Å². The molecule has 0 radical (unpaired) electrons. The molecular formula is C37H26Cl2N2O4. The van der Waals surface area contributed by atoms with Crippen LogP contribution in [0.15, 0.2) is 133 Å². The van der Waals surface area contributed by atoms with Gasteiger partial charge in [0.25, 0.3) is 0 Å². The van der Waals surface area contributed by atoms with Gasteiger partial charge in [0, 0.05) is 27.2 Å². The first-order valence-corrected chi connectivity index (χ1v) is 14.9. The van der Waals surface area contributed by atoms with E-state index in [9.17, 15) is 10.1 Å². The number of fused-ring (bicyclic) bond motifs is 1. The van der Waals surface area contributed by atoms with E-state index in [0.717, 1.165) is 22.3 Å². The lowest BCUT2D eigenvalue weighted by molar-refractivity contribution is -0.135. The first kappa shape index (κ1) is 29.8. The number of nitrogens with zero attached hydrogens (tertiary/aromatic N) is 1. The lowest BCUT2D eigenvalue weighted by Crippen LogP contribution is -2.22. The van der Waals surface area contributed by atoms with Crippen molar-refractivity contribution in [2.75, 3.05) is 0 Å². The van der Waals surface area contributed by atoms with Crippen molar-refractivity contribution in [3.8, 4) is 23.3 Å². The number of nitriles is 1. The summed E-state index contributed by atoms with van der Waals surface area (Å²) in [5, 5.41) is 11.1. The summed E-state index contributed by atoms with van der Waals surface area (Å²) in [5.74, 6) is -0.363.